The van der Waals surface area contributed by atoms with Crippen LogP contribution in [0.1, 0.15) is 37.7 Å². The number of nitrogens with zero attached hydrogens (tertiary/aromatic N) is 1. The molecule has 2 aliphatic heterocycles. The van der Waals surface area contributed by atoms with Gasteiger partial charge < -0.3 is 15.8 Å². The number of amides is 1. The second-order valence-electron chi connectivity index (χ2n) is 7.08. The van der Waals surface area contributed by atoms with Crippen molar-refractivity contribution in [2.45, 2.75) is 50.2 Å². The van der Waals surface area contributed by atoms with E-state index in [-0.39, 0.29) is 30.7 Å². The van der Waals surface area contributed by atoms with Gasteiger partial charge in [-0.2, -0.15) is 0 Å². The molecule has 1 aromatic carbocycles. The van der Waals surface area contributed by atoms with Gasteiger partial charge in [-0.05, 0) is 37.8 Å². The molecule has 3 rings (SSSR count). The lowest BCUT2D eigenvalue weighted by atomic mass is 9.90. The summed E-state index contributed by atoms with van der Waals surface area (Å²) in [4.78, 5) is 15.0. The fourth-order valence-corrected chi connectivity index (χ4v) is 3.67. The fraction of sp³-hybridized carbons (Fsp3) is 0.632. The molecule has 0 aliphatic carbocycles. The molecule has 148 valence electrons. The largest absolute Gasteiger partial charge is 0.381 e. The van der Waals surface area contributed by atoms with E-state index in [1.165, 1.54) is 18.4 Å². The first kappa shape index (κ1) is 23.2. The van der Waals surface area contributed by atoms with Crippen LogP contribution in [-0.4, -0.2) is 48.7 Å². The monoisotopic (exact) mass is 403 g/mol. The Labute approximate surface area is 168 Å². The van der Waals surface area contributed by atoms with Gasteiger partial charge >= 0.3 is 0 Å². The number of ether oxygens (including phenoxy) is 1. The zero-order valence-corrected chi connectivity index (χ0v) is 16.8. The summed E-state index contributed by atoms with van der Waals surface area (Å²) in [6.07, 6.45) is 4.81. The highest BCUT2D eigenvalue weighted by molar-refractivity contribution is 5.86. The molecule has 2 heterocycles. The van der Waals surface area contributed by atoms with Gasteiger partial charge in [-0.1, -0.05) is 36.8 Å². The topological polar surface area (TPSA) is 67.6 Å². The number of likely N-dealkylation sites (tertiary alicyclic amines) is 1. The molecule has 5 nitrogen and oxygen atoms in total. The molecule has 2 fully saturated rings. The lowest BCUT2D eigenvalue weighted by Gasteiger charge is -2.37. The summed E-state index contributed by atoms with van der Waals surface area (Å²) in [6, 6.07) is 10.9. The third-order valence-electron chi connectivity index (χ3n) is 5.31. The van der Waals surface area contributed by atoms with Gasteiger partial charge in [-0.3, -0.25) is 9.69 Å². The lowest BCUT2D eigenvalue weighted by Crippen LogP contribution is -2.58. The Balaban J connectivity index is 0.00000169. The fourth-order valence-electron chi connectivity index (χ4n) is 3.67. The van der Waals surface area contributed by atoms with Crippen molar-refractivity contribution in [3.63, 3.8) is 0 Å². The molecule has 3 N–H and O–H groups in total. The smallest absolute Gasteiger partial charge is 0.240 e. The van der Waals surface area contributed by atoms with Crippen molar-refractivity contribution in [2.75, 3.05) is 26.3 Å². The quantitative estimate of drug-likeness (QED) is 0.792. The lowest BCUT2D eigenvalue weighted by molar-refractivity contribution is -0.130. The van der Waals surface area contributed by atoms with E-state index in [0.717, 1.165) is 19.5 Å². The predicted octanol–water partition coefficient (Wildman–Crippen LogP) is 2.51. The van der Waals surface area contributed by atoms with Crippen LogP contribution in [0.4, 0.5) is 0 Å². The van der Waals surface area contributed by atoms with Crippen molar-refractivity contribution in [2.24, 2.45) is 5.73 Å². The van der Waals surface area contributed by atoms with Crippen molar-refractivity contribution < 1.29 is 9.53 Å². The van der Waals surface area contributed by atoms with Crippen LogP contribution in [0, 0.1) is 0 Å². The number of nitrogens with one attached hydrogen (secondary N) is 1. The predicted molar refractivity (Wildman–Crippen MR) is 109 cm³/mol. The summed E-state index contributed by atoms with van der Waals surface area (Å²) in [5.41, 5.74) is 6.85. The number of benzene rings is 1. The minimum absolute atomic E-state index is 0. The zero-order valence-electron chi connectivity index (χ0n) is 15.2. The molecule has 26 heavy (non-hydrogen) atoms. The van der Waals surface area contributed by atoms with Crippen LogP contribution < -0.4 is 11.1 Å². The number of hydrogen-bond donors (Lipinski definition) is 2. The number of piperidine rings is 1. The highest BCUT2D eigenvalue weighted by Gasteiger charge is 2.36. The van der Waals surface area contributed by atoms with E-state index in [9.17, 15) is 4.79 Å². The van der Waals surface area contributed by atoms with Crippen LogP contribution in [0.5, 0.6) is 0 Å². The molecule has 0 spiro atoms. The number of nitrogens with two attached hydrogens (primary N) is 1. The first-order valence-corrected chi connectivity index (χ1v) is 9.10. The highest BCUT2D eigenvalue weighted by Crippen LogP contribution is 2.21. The van der Waals surface area contributed by atoms with Gasteiger partial charge in [0.1, 0.15) is 0 Å². The Morgan fingerprint density at radius 3 is 2.58 bits per heavy atom. The van der Waals surface area contributed by atoms with Gasteiger partial charge in [0.2, 0.25) is 5.91 Å². The maximum absolute atomic E-state index is 12.5. The first-order chi connectivity index (χ1) is 11.7. The third-order valence-corrected chi connectivity index (χ3v) is 5.31. The SMILES string of the molecule is Cl.Cl.NC1(C(=O)NCC2CCCCN2Cc2ccccc2)CCOCC1. The average Bonchev–Trinajstić information content (AvgIpc) is 2.62. The van der Waals surface area contributed by atoms with Crippen molar-refractivity contribution in [3.8, 4) is 0 Å². The van der Waals surface area contributed by atoms with Crippen LogP contribution in [0.25, 0.3) is 0 Å². The maximum Gasteiger partial charge on any atom is 0.240 e. The van der Waals surface area contributed by atoms with Crippen LogP contribution in [0.15, 0.2) is 30.3 Å². The van der Waals surface area contributed by atoms with E-state index in [2.05, 4.69) is 34.5 Å². The van der Waals surface area contributed by atoms with Crippen molar-refractivity contribution in [1.82, 2.24) is 10.2 Å². The molecule has 1 atom stereocenters. The van der Waals surface area contributed by atoms with E-state index in [1.54, 1.807) is 0 Å². The molecule has 1 unspecified atom stereocenters. The molecule has 1 amide bonds. The van der Waals surface area contributed by atoms with Crippen LogP contribution in [0.2, 0.25) is 0 Å². The van der Waals surface area contributed by atoms with Crippen molar-refractivity contribution >= 4 is 30.7 Å². The Kier molecular flexibility index (Phi) is 9.90. The van der Waals surface area contributed by atoms with Crippen molar-refractivity contribution in [1.29, 1.82) is 0 Å². The summed E-state index contributed by atoms with van der Waals surface area (Å²) >= 11 is 0. The Bertz CT molecular complexity index is 539. The average molecular weight is 404 g/mol. The normalized spacial score (nSPS) is 22.6. The standard InChI is InChI=1S/C19H29N3O2.2ClH/c20-19(9-12-24-13-10-19)18(23)21-14-17-8-4-5-11-22(17)15-16-6-2-1-3-7-16;;/h1-3,6-7,17H,4-5,8-15,20H2,(H,21,23);2*1H. The summed E-state index contributed by atoms with van der Waals surface area (Å²) in [7, 11) is 0. The van der Waals surface area contributed by atoms with Crippen LogP contribution in [-0.2, 0) is 16.1 Å². The van der Waals surface area contributed by atoms with E-state index in [0.29, 0.717) is 38.6 Å². The number of carbonyl (C=O) groups excluding carboxylic acids is 1. The van der Waals surface area contributed by atoms with Gasteiger partial charge in [0.05, 0.1) is 5.54 Å². The third kappa shape index (κ3) is 6.10. The van der Waals surface area contributed by atoms with E-state index in [1.807, 2.05) is 6.07 Å². The van der Waals surface area contributed by atoms with Gasteiger partial charge in [-0.25, -0.2) is 0 Å². The van der Waals surface area contributed by atoms with Crippen molar-refractivity contribution in [3.05, 3.63) is 35.9 Å². The first-order valence-electron chi connectivity index (χ1n) is 9.10. The molecular weight excluding hydrogens is 373 g/mol. The molecule has 1 aromatic rings. The van der Waals surface area contributed by atoms with E-state index in [4.69, 9.17) is 10.5 Å². The minimum Gasteiger partial charge on any atom is -0.381 e. The molecule has 0 saturated carbocycles. The summed E-state index contributed by atoms with van der Waals surface area (Å²) in [5.74, 6) is -0.0176. The second-order valence-corrected chi connectivity index (χ2v) is 7.08. The molecule has 0 bridgehead atoms. The minimum atomic E-state index is -0.753. The van der Waals surface area contributed by atoms with Gasteiger partial charge in [0.25, 0.3) is 0 Å². The second kappa shape index (κ2) is 11.1. The summed E-state index contributed by atoms with van der Waals surface area (Å²) < 4.78 is 5.32. The highest BCUT2D eigenvalue weighted by atomic mass is 35.5. The zero-order chi connectivity index (χ0) is 16.8. The number of rotatable bonds is 5. The van der Waals surface area contributed by atoms with E-state index >= 15 is 0 Å². The van der Waals surface area contributed by atoms with Gasteiger partial charge in [-0.15, -0.1) is 24.8 Å². The summed E-state index contributed by atoms with van der Waals surface area (Å²) in [5, 5.41) is 3.12. The molecule has 2 aliphatic rings. The maximum atomic E-state index is 12.5. The number of carbonyl (C=O) groups is 1. The Morgan fingerprint density at radius 1 is 1.19 bits per heavy atom. The molecular formula is C19H31Cl2N3O2. The number of hydrogen-bond acceptors (Lipinski definition) is 4. The molecule has 7 heteroatoms. The number of halogens is 2. The van der Waals surface area contributed by atoms with Gasteiger partial charge in [0.15, 0.2) is 0 Å². The Hall–Kier alpha value is -0.850. The molecule has 0 aromatic heterocycles. The molecule has 0 radical (unpaired) electrons. The van der Waals surface area contributed by atoms with Crippen LogP contribution in [0.3, 0.4) is 0 Å². The van der Waals surface area contributed by atoms with Gasteiger partial charge in [0, 0.05) is 32.3 Å². The van der Waals surface area contributed by atoms with Crippen LogP contribution >= 0.6 is 24.8 Å². The Morgan fingerprint density at radius 2 is 1.88 bits per heavy atom. The van der Waals surface area contributed by atoms with E-state index < -0.39 is 5.54 Å². The summed E-state index contributed by atoms with van der Waals surface area (Å²) in [6.45, 7) is 3.88. The molecule has 2 saturated heterocycles.